The minimum atomic E-state index is -4.02. The average molecular weight is 304 g/mol. The molecule has 2 aromatic rings. The molecule has 0 amide bonds. The Morgan fingerprint density at radius 3 is 2.00 bits per heavy atom. The fourth-order valence-electron chi connectivity index (χ4n) is 1.43. The Morgan fingerprint density at radius 1 is 1.10 bits per heavy atom. The zero-order valence-electron chi connectivity index (χ0n) is 11.5. The van der Waals surface area contributed by atoms with E-state index in [1.165, 1.54) is 12.1 Å². The summed E-state index contributed by atoms with van der Waals surface area (Å²) >= 11 is 0. The standard InChI is InChI=1S/C8H8N2.C7H8O3S/c9-5-7-1-2-8(6-10)4-3-7;1-6-2-4-7(5-3-6)11(8,9)10/h1-4H,5,9H2;2-5H,1H3,(H,8,9,10). The van der Waals surface area contributed by atoms with Crippen LogP contribution in [0.4, 0.5) is 0 Å². The highest BCUT2D eigenvalue weighted by molar-refractivity contribution is 7.85. The second-order valence-electron chi connectivity index (χ2n) is 4.30. The molecule has 6 heteroatoms. The molecule has 0 fully saturated rings. The third-order valence-electron chi connectivity index (χ3n) is 2.64. The lowest BCUT2D eigenvalue weighted by atomic mass is 10.1. The van der Waals surface area contributed by atoms with Crippen molar-refractivity contribution in [1.29, 1.82) is 5.26 Å². The lowest BCUT2D eigenvalue weighted by molar-refractivity contribution is 0.483. The summed E-state index contributed by atoms with van der Waals surface area (Å²) in [5.74, 6) is 0. The van der Waals surface area contributed by atoms with E-state index in [-0.39, 0.29) is 4.90 Å². The van der Waals surface area contributed by atoms with Crippen molar-refractivity contribution in [2.45, 2.75) is 18.4 Å². The molecule has 0 radical (unpaired) electrons. The molecule has 110 valence electrons. The van der Waals surface area contributed by atoms with Crippen LogP contribution >= 0.6 is 0 Å². The molecule has 0 atom stereocenters. The molecule has 0 saturated heterocycles. The first kappa shape index (κ1) is 16.9. The van der Waals surface area contributed by atoms with Gasteiger partial charge in [0.15, 0.2) is 0 Å². The van der Waals surface area contributed by atoms with Crippen LogP contribution in [0.2, 0.25) is 0 Å². The van der Waals surface area contributed by atoms with Crippen LogP contribution in [0.15, 0.2) is 53.4 Å². The van der Waals surface area contributed by atoms with Crippen LogP contribution in [0.3, 0.4) is 0 Å². The summed E-state index contributed by atoms with van der Waals surface area (Å²) < 4.78 is 29.6. The largest absolute Gasteiger partial charge is 0.326 e. The second-order valence-corrected chi connectivity index (χ2v) is 5.72. The van der Waals surface area contributed by atoms with Gasteiger partial charge in [0.1, 0.15) is 0 Å². The SMILES string of the molecule is Cc1ccc(S(=O)(=O)O)cc1.N#Cc1ccc(CN)cc1. The Labute approximate surface area is 124 Å². The number of benzene rings is 2. The van der Waals surface area contributed by atoms with Crippen molar-refractivity contribution in [3.05, 3.63) is 65.2 Å². The van der Waals surface area contributed by atoms with Crippen molar-refractivity contribution >= 4 is 10.1 Å². The van der Waals surface area contributed by atoms with E-state index >= 15 is 0 Å². The number of hydrogen-bond donors (Lipinski definition) is 2. The van der Waals surface area contributed by atoms with Gasteiger partial charge in [0.2, 0.25) is 0 Å². The smallest absolute Gasteiger partial charge is 0.294 e. The van der Waals surface area contributed by atoms with Crippen LogP contribution in [-0.2, 0) is 16.7 Å². The maximum absolute atomic E-state index is 10.5. The molecule has 2 rings (SSSR count). The van der Waals surface area contributed by atoms with Gasteiger partial charge in [-0.3, -0.25) is 4.55 Å². The van der Waals surface area contributed by atoms with Gasteiger partial charge in [0.05, 0.1) is 16.5 Å². The summed E-state index contributed by atoms with van der Waals surface area (Å²) in [6.45, 7) is 2.37. The highest BCUT2D eigenvalue weighted by atomic mass is 32.2. The van der Waals surface area contributed by atoms with Crippen molar-refractivity contribution in [2.24, 2.45) is 5.73 Å². The Kier molecular flexibility index (Phi) is 6.06. The lowest BCUT2D eigenvalue weighted by Gasteiger charge is -1.95. The molecule has 0 aromatic heterocycles. The van der Waals surface area contributed by atoms with E-state index in [0.29, 0.717) is 12.1 Å². The zero-order valence-corrected chi connectivity index (χ0v) is 12.3. The third kappa shape index (κ3) is 5.75. The molecule has 2 aromatic carbocycles. The third-order valence-corrected chi connectivity index (χ3v) is 3.51. The number of aryl methyl sites for hydroxylation is 1. The van der Waals surface area contributed by atoms with E-state index in [1.807, 2.05) is 25.1 Å². The van der Waals surface area contributed by atoms with E-state index in [2.05, 4.69) is 0 Å². The quantitative estimate of drug-likeness (QED) is 0.828. The fraction of sp³-hybridized carbons (Fsp3) is 0.133. The normalized spacial score (nSPS) is 10.2. The van der Waals surface area contributed by atoms with E-state index in [0.717, 1.165) is 11.1 Å². The summed E-state index contributed by atoms with van der Waals surface area (Å²) in [6, 6.07) is 15.3. The fourth-order valence-corrected chi connectivity index (χ4v) is 1.91. The highest BCUT2D eigenvalue weighted by Gasteiger charge is 2.06. The number of rotatable bonds is 2. The predicted molar refractivity (Wildman–Crippen MR) is 80.0 cm³/mol. The molecule has 0 heterocycles. The van der Waals surface area contributed by atoms with Gasteiger partial charge in [-0.05, 0) is 36.8 Å². The first-order chi connectivity index (χ1) is 9.86. The van der Waals surface area contributed by atoms with Crippen LogP contribution in [0.25, 0.3) is 0 Å². The Bertz CT molecular complexity index is 715. The molecule has 5 nitrogen and oxygen atoms in total. The van der Waals surface area contributed by atoms with Crippen LogP contribution in [-0.4, -0.2) is 13.0 Å². The molecule has 0 aliphatic rings. The number of nitrogens with two attached hydrogens (primary N) is 1. The van der Waals surface area contributed by atoms with E-state index < -0.39 is 10.1 Å². The zero-order chi connectivity index (χ0) is 15.9. The topological polar surface area (TPSA) is 104 Å². The summed E-state index contributed by atoms with van der Waals surface area (Å²) in [4.78, 5) is -0.0666. The molecule has 0 unspecified atom stereocenters. The van der Waals surface area contributed by atoms with E-state index in [9.17, 15) is 8.42 Å². The number of nitriles is 1. The first-order valence-corrected chi connectivity index (χ1v) is 7.54. The van der Waals surface area contributed by atoms with Gasteiger partial charge in [0, 0.05) is 6.54 Å². The van der Waals surface area contributed by atoms with Crippen molar-refractivity contribution in [1.82, 2.24) is 0 Å². The van der Waals surface area contributed by atoms with Gasteiger partial charge >= 0.3 is 0 Å². The minimum Gasteiger partial charge on any atom is -0.326 e. The lowest BCUT2D eigenvalue weighted by Crippen LogP contribution is -1.96. The predicted octanol–water partition coefficient (Wildman–Crippen LogP) is 2.26. The molecule has 0 aliphatic carbocycles. The summed E-state index contributed by atoms with van der Waals surface area (Å²) in [7, 11) is -4.02. The van der Waals surface area contributed by atoms with Crippen molar-refractivity contribution < 1.29 is 13.0 Å². The summed E-state index contributed by atoms with van der Waals surface area (Å²) in [5, 5.41) is 8.42. The maximum Gasteiger partial charge on any atom is 0.294 e. The minimum absolute atomic E-state index is 0.0666. The summed E-state index contributed by atoms with van der Waals surface area (Å²) in [6.07, 6.45) is 0. The molecule has 0 bridgehead atoms. The molecule has 0 aliphatic heterocycles. The van der Waals surface area contributed by atoms with Crippen LogP contribution in [0.1, 0.15) is 16.7 Å². The van der Waals surface area contributed by atoms with E-state index in [4.69, 9.17) is 15.5 Å². The molecular weight excluding hydrogens is 288 g/mol. The van der Waals surface area contributed by atoms with Crippen molar-refractivity contribution in [2.75, 3.05) is 0 Å². The van der Waals surface area contributed by atoms with Gasteiger partial charge in [-0.25, -0.2) is 0 Å². The van der Waals surface area contributed by atoms with E-state index in [1.54, 1.807) is 24.3 Å². The maximum atomic E-state index is 10.5. The number of nitrogens with zero attached hydrogens (tertiary/aromatic N) is 1. The molecule has 0 spiro atoms. The number of hydrogen-bond acceptors (Lipinski definition) is 4. The van der Waals surface area contributed by atoms with Crippen LogP contribution < -0.4 is 5.73 Å². The van der Waals surface area contributed by atoms with Gasteiger partial charge in [-0.15, -0.1) is 0 Å². The Morgan fingerprint density at radius 2 is 1.62 bits per heavy atom. The van der Waals surface area contributed by atoms with Gasteiger partial charge in [-0.1, -0.05) is 29.8 Å². The molecule has 0 saturated carbocycles. The Balaban J connectivity index is 0.000000211. The van der Waals surface area contributed by atoms with Crippen molar-refractivity contribution in [3.8, 4) is 6.07 Å². The molecule has 3 N–H and O–H groups in total. The highest BCUT2D eigenvalue weighted by Crippen LogP contribution is 2.08. The molecule has 21 heavy (non-hydrogen) atoms. The van der Waals surface area contributed by atoms with Crippen LogP contribution in [0.5, 0.6) is 0 Å². The van der Waals surface area contributed by atoms with Gasteiger partial charge < -0.3 is 5.73 Å². The Hall–Kier alpha value is -2.20. The summed E-state index contributed by atoms with van der Waals surface area (Å²) in [5.41, 5.74) is 8.05. The average Bonchev–Trinajstić information content (AvgIpc) is 2.47. The van der Waals surface area contributed by atoms with Crippen LogP contribution in [0, 0.1) is 18.3 Å². The van der Waals surface area contributed by atoms with Crippen molar-refractivity contribution in [3.63, 3.8) is 0 Å². The van der Waals surface area contributed by atoms with Gasteiger partial charge in [-0.2, -0.15) is 13.7 Å². The second kappa shape index (κ2) is 7.55. The monoisotopic (exact) mass is 304 g/mol. The molecular formula is C15H16N2O3S. The first-order valence-electron chi connectivity index (χ1n) is 6.10. The van der Waals surface area contributed by atoms with Gasteiger partial charge in [0.25, 0.3) is 10.1 Å².